The fourth-order valence-electron chi connectivity index (χ4n) is 4.38. The molecule has 1 amide bonds. The van der Waals surface area contributed by atoms with Crippen molar-refractivity contribution in [2.75, 3.05) is 30.9 Å². The molecule has 0 bridgehead atoms. The van der Waals surface area contributed by atoms with Crippen LogP contribution in [0.4, 0.5) is 24.7 Å². The first kappa shape index (κ1) is 22.9. The number of amides is 1. The van der Waals surface area contributed by atoms with E-state index in [-0.39, 0.29) is 12.0 Å². The van der Waals surface area contributed by atoms with E-state index in [2.05, 4.69) is 27.7 Å². The lowest BCUT2D eigenvalue weighted by molar-refractivity contribution is 0.0933. The van der Waals surface area contributed by atoms with E-state index in [1.807, 2.05) is 32.3 Å². The van der Waals surface area contributed by atoms with E-state index in [0.29, 0.717) is 12.6 Å². The Morgan fingerprint density at radius 2 is 1.73 bits per heavy atom. The average Bonchev–Trinajstić information content (AvgIpc) is 2.80. The minimum atomic E-state index is -1.46. The molecule has 33 heavy (non-hydrogen) atoms. The Morgan fingerprint density at radius 1 is 1.03 bits per heavy atom. The average molecular weight is 457 g/mol. The Hall–Kier alpha value is -3.29. The molecule has 3 aromatic rings. The fraction of sp³-hybridized carbons (Fsp3) is 0.360. The Balaban J connectivity index is 1.34. The lowest BCUT2D eigenvalue weighted by atomic mass is 9.86. The quantitative estimate of drug-likeness (QED) is 0.506. The molecule has 1 aliphatic rings. The van der Waals surface area contributed by atoms with Crippen LogP contribution in [0, 0.1) is 23.4 Å². The number of rotatable bonds is 6. The van der Waals surface area contributed by atoms with Gasteiger partial charge in [0.05, 0.1) is 5.52 Å². The Kier molecular flexibility index (Phi) is 6.72. The minimum absolute atomic E-state index is 0.189. The zero-order valence-electron chi connectivity index (χ0n) is 18.7. The number of para-hydroxylation sites is 1. The van der Waals surface area contributed by atoms with Crippen LogP contribution in [0.15, 0.2) is 42.5 Å². The van der Waals surface area contributed by atoms with Gasteiger partial charge < -0.3 is 15.5 Å². The number of nitrogens with zero attached hydrogens (tertiary/aromatic N) is 2. The molecule has 5 nitrogen and oxygen atoms in total. The van der Waals surface area contributed by atoms with Gasteiger partial charge in [0.25, 0.3) is 5.91 Å². The van der Waals surface area contributed by atoms with Crippen LogP contribution in [0.1, 0.15) is 36.0 Å². The van der Waals surface area contributed by atoms with Gasteiger partial charge in [0.15, 0.2) is 11.6 Å². The maximum Gasteiger partial charge on any atom is 0.257 e. The fourth-order valence-corrected chi connectivity index (χ4v) is 4.38. The predicted molar refractivity (Wildman–Crippen MR) is 124 cm³/mol. The minimum Gasteiger partial charge on any atom is -0.377 e. The highest BCUT2D eigenvalue weighted by Gasteiger charge is 2.25. The number of hydrogen-bond acceptors (Lipinski definition) is 4. The van der Waals surface area contributed by atoms with Gasteiger partial charge >= 0.3 is 0 Å². The zero-order valence-corrected chi connectivity index (χ0v) is 18.7. The Bertz CT molecular complexity index is 1160. The number of halogens is 3. The third kappa shape index (κ3) is 5.05. The van der Waals surface area contributed by atoms with Crippen molar-refractivity contribution in [1.82, 2.24) is 10.3 Å². The van der Waals surface area contributed by atoms with Crippen LogP contribution in [0.2, 0.25) is 0 Å². The van der Waals surface area contributed by atoms with E-state index in [1.165, 1.54) is 0 Å². The molecule has 1 aliphatic carbocycles. The van der Waals surface area contributed by atoms with E-state index in [0.717, 1.165) is 54.2 Å². The third-order valence-electron chi connectivity index (χ3n) is 6.20. The van der Waals surface area contributed by atoms with Gasteiger partial charge in [0.2, 0.25) is 0 Å². The number of benzene rings is 2. The van der Waals surface area contributed by atoms with Crippen LogP contribution in [0.25, 0.3) is 10.9 Å². The van der Waals surface area contributed by atoms with Gasteiger partial charge in [-0.2, -0.15) is 0 Å². The predicted octanol–water partition coefficient (Wildman–Crippen LogP) is 5.12. The number of carbonyl (C=O) groups is 1. The second-order valence-electron chi connectivity index (χ2n) is 8.73. The maximum atomic E-state index is 13.8. The molecule has 1 fully saturated rings. The van der Waals surface area contributed by atoms with Crippen molar-refractivity contribution in [2.24, 2.45) is 5.92 Å². The van der Waals surface area contributed by atoms with Gasteiger partial charge in [-0.25, -0.2) is 18.2 Å². The summed E-state index contributed by atoms with van der Waals surface area (Å²) in [5.74, 6) is -3.69. The first-order chi connectivity index (χ1) is 15.8. The second-order valence-corrected chi connectivity index (χ2v) is 8.73. The number of pyridine rings is 1. The molecule has 0 saturated heterocycles. The topological polar surface area (TPSA) is 57.3 Å². The SMILES string of the molecule is CN(C)c1cc(NC2CCC(CNC(=O)c3c(F)ccc(F)c3F)CC2)nc2ccccc12. The van der Waals surface area contributed by atoms with Crippen molar-refractivity contribution in [1.29, 1.82) is 0 Å². The maximum absolute atomic E-state index is 13.8. The molecule has 0 radical (unpaired) electrons. The molecular weight excluding hydrogens is 429 g/mol. The summed E-state index contributed by atoms with van der Waals surface area (Å²) in [5.41, 5.74) is 1.15. The molecule has 2 N–H and O–H groups in total. The van der Waals surface area contributed by atoms with Crippen molar-refractivity contribution in [3.05, 3.63) is 65.5 Å². The number of fused-ring (bicyclic) bond motifs is 1. The van der Waals surface area contributed by atoms with Crippen molar-refractivity contribution >= 4 is 28.3 Å². The van der Waals surface area contributed by atoms with Crippen LogP contribution < -0.4 is 15.5 Å². The van der Waals surface area contributed by atoms with E-state index in [1.54, 1.807) is 0 Å². The summed E-state index contributed by atoms with van der Waals surface area (Å²) in [7, 11) is 4.01. The van der Waals surface area contributed by atoms with Crippen LogP contribution in [0.5, 0.6) is 0 Å². The number of hydrogen-bond donors (Lipinski definition) is 2. The van der Waals surface area contributed by atoms with Gasteiger partial charge in [0, 0.05) is 43.8 Å². The van der Waals surface area contributed by atoms with Gasteiger partial charge in [-0.3, -0.25) is 4.79 Å². The summed E-state index contributed by atoms with van der Waals surface area (Å²) in [6.45, 7) is 0.292. The van der Waals surface area contributed by atoms with Gasteiger partial charge in [0.1, 0.15) is 17.2 Å². The van der Waals surface area contributed by atoms with Crippen LogP contribution >= 0.6 is 0 Å². The molecule has 0 atom stereocenters. The standard InChI is InChI=1S/C25H27F3N4O/c1-32(2)21-13-22(31-20-6-4-3-5-17(20)21)30-16-9-7-15(8-10-16)14-29-25(33)23-18(26)11-12-19(27)24(23)28/h3-6,11-13,15-16H,7-10,14H2,1-2H3,(H,29,33)(H,30,31). The molecule has 4 rings (SSSR count). The number of anilines is 2. The van der Waals surface area contributed by atoms with Crippen molar-refractivity contribution in [3.63, 3.8) is 0 Å². The summed E-state index contributed by atoms with van der Waals surface area (Å²) in [4.78, 5) is 19.0. The second kappa shape index (κ2) is 9.68. The molecule has 2 aromatic carbocycles. The van der Waals surface area contributed by atoms with Crippen molar-refractivity contribution in [2.45, 2.75) is 31.7 Å². The molecule has 0 unspecified atom stereocenters. The summed E-state index contributed by atoms with van der Waals surface area (Å²) in [6.07, 6.45) is 3.46. The number of aromatic nitrogens is 1. The molecule has 1 aromatic heterocycles. The lowest BCUT2D eigenvalue weighted by Gasteiger charge is -2.30. The summed E-state index contributed by atoms with van der Waals surface area (Å²) in [6, 6.07) is 11.8. The highest BCUT2D eigenvalue weighted by atomic mass is 19.2. The summed E-state index contributed by atoms with van der Waals surface area (Å²) >= 11 is 0. The third-order valence-corrected chi connectivity index (χ3v) is 6.20. The molecule has 1 saturated carbocycles. The van der Waals surface area contributed by atoms with Crippen LogP contribution in [-0.2, 0) is 0 Å². The number of carbonyl (C=O) groups excluding carboxylic acids is 1. The van der Waals surface area contributed by atoms with Gasteiger partial charge in [-0.15, -0.1) is 0 Å². The molecule has 0 spiro atoms. The molecule has 8 heteroatoms. The normalized spacial score (nSPS) is 18.2. The van der Waals surface area contributed by atoms with Gasteiger partial charge in [-0.05, 0) is 49.8 Å². The largest absolute Gasteiger partial charge is 0.377 e. The first-order valence-corrected chi connectivity index (χ1v) is 11.1. The summed E-state index contributed by atoms with van der Waals surface area (Å²) < 4.78 is 41.0. The van der Waals surface area contributed by atoms with E-state index >= 15 is 0 Å². The highest BCUT2D eigenvalue weighted by molar-refractivity contribution is 5.95. The Labute approximate surface area is 191 Å². The molecule has 0 aliphatic heterocycles. The Morgan fingerprint density at radius 3 is 2.45 bits per heavy atom. The lowest BCUT2D eigenvalue weighted by Crippen LogP contribution is -2.34. The smallest absolute Gasteiger partial charge is 0.257 e. The van der Waals surface area contributed by atoms with Crippen LogP contribution in [0.3, 0.4) is 0 Å². The highest BCUT2D eigenvalue weighted by Crippen LogP contribution is 2.30. The van der Waals surface area contributed by atoms with Crippen molar-refractivity contribution in [3.8, 4) is 0 Å². The van der Waals surface area contributed by atoms with E-state index in [4.69, 9.17) is 4.98 Å². The summed E-state index contributed by atoms with van der Waals surface area (Å²) in [5, 5.41) is 7.19. The van der Waals surface area contributed by atoms with E-state index in [9.17, 15) is 18.0 Å². The zero-order chi connectivity index (χ0) is 23.5. The molecule has 1 heterocycles. The first-order valence-electron chi connectivity index (χ1n) is 11.1. The molecule has 174 valence electrons. The number of nitrogens with one attached hydrogen (secondary N) is 2. The van der Waals surface area contributed by atoms with Crippen LogP contribution in [-0.4, -0.2) is 37.6 Å². The molecular formula is C25H27F3N4O. The monoisotopic (exact) mass is 456 g/mol. The van der Waals surface area contributed by atoms with Crippen molar-refractivity contribution < 1.29 is 18.0 Å². The van der Waals surface area contributed by atoms with E-state index < -0.39 is 28.9 Å². The van der Waals surface area contributed by atoms with Gasteiger partial charge in [-0.1, -0.05) is 18.2 Å².